The molecule has 0 saturated heterocycles. The third-order valence-corrected chi connectivity index (χ3v) is 5.49. The molecule has 0 N–H and O–H groups in total. The number of hydrogen-bond acceptors (Lipinski definition) is 0. The first-order chi connectivity index (χ1) is 8.86. The lowest BCUT2D eigenvalue weighted by Gasteiger charge is -2.49. The summed E-state index contributed by atoms with van der Waals surface area (Å²) in [6, 6.07) is 4.08. The van der Waals surface area contributed by atoms with Crippen LogP contribution >= 0.6 is 11.6 Å². The molecular formula is C18H28ClF. The minimum atomic E-state index is -1.34. The van der Waals surface area contributed by atoms with Gasteiger partial charge in [0.05, 0.1) is 0 Å². The van der Waals surface area contributed by atoms with Crippen LogP contribution in [0.5, 0.6) is 0 Å². The van der Waals surface area contributed by atoms with Crippen molar-refractivity contribution in [3.8, 4) is 0 Å². The van der Waals surface area contributed by atoms with Crippen LogP contribution in [0.15, 0.2) is 12.1 Å². The molecule has 0 aliphatic rings. The Morgan fingerprint density at radius 3 is 1.90 bits per heavy atom. The molecule has 1 aromatic carbocycles. The fourth-order valence-electron chi connectivity index (χ4n) is 3.06. The van der Waals surface area contributed by atoms with Crippen molar-refractivity contribution in [2.75, 3.05) is 0 Å². The van der Waals surface area contributed by atoms with E-state index in [2.05, 4.69) is 33.8 Å². The van der Waals surface area contributed by atoms with Crippen LogP contribution in [0.3, 0.4) is 0 Å². The molecule has 20 heavy (non-hydrogen) atoms. The molecule has 0 aliphatic carbocycles. The van der Waals surface area contributed by atoms with Gasteiger partial charge in [-0.15, -0.1) is 0 Å². The highest BCUT2D eigenvalue weighted by Crippen LogP contribution is 2.51. The summed E-state index contributed by atoms with van der Waals surface area (Å²) in [5.41, 5.74) is 1.13. The van der Waals surface area contributed by atoms with E-state index >= 15 is 4.39 Å². The van der Waals surface area contributed by atoms with E-state index in [4.69, 9.17) is 11.6 Å². The summed E-state index contributed by atoms with van der Waals surface area (Å²) in [4.78, 5) is 0. The molecule has 1 atom stereocenters. The maximum absolute atomic E-state index is 15.0. The summed E-state index contributed by atoms with van der Waals surface area (Å²) >= 11 is 6.38. The van der Waals surface area contributed by atoms with Gasteiger partial charge in [-0.3, -0.25) is 0 Å². The fraction of sp³-hybridized carbons (Fsp3) is 0.667. The van der Waals surface area contributed by atoms with Gasteiger partial charge in [0.1, 0.15) is 5.67 Å². The second-order valence-electron chi connectivity index (χ2n) is 7.44. The summed E-state index contributed by atoms with van der Waals surface area (Å²) in [6.07, 6.45) is 0.909. The van der Waals surface area contributed by atoms with Crippen molar-refractivity contribution in [3.63, 3.8) is 0 Å². The molecule has 1 rings (SSSR count). The van der Waals surface area contributed by atoms with E-state index in [1.54, 1.807) is 13.8 Å². The molecule has 0 bridgehead atoms. The quantitative estimate of drug-likeness (QED) is 0.617. The summed E-state index contributed by atoms with van der Waals surface area (Å²) < 4.78 is 15.0. The normalized spacial score (nSPS) is 16.1. The molecule has 0 amide bonds. The van der Waals surface area contributed by atoms with Gasteiger partial charge in [-0.25, -0.2) is 4.39 Å². The molecule has 0 radical (unpaired) electrons. The molecule has 0 heterocycles. The number of halogens is 2. The molecule has 2 heteroatoms. The van der Waals surface area contributed by atoms with Gasteiger partial charge in [-0.2, -0.15) is 0 Å². The first-order valence-corrected chi connectivity index (χ1v) is 7.72. The van der Waals surface area contributed by atoms with Crippen LogP contribution in [-0.4, -0.2) is 5.67 Å². The van der Waals surface area contributed by atoms with Crippen molar-refractivity contribution in [1.29, 1.82) is 0 Å². The Morgan fingerprint density at radius 2 is 1.55 bits per heavy atom. The molecule has 1 aromatic rings. The second-order valence-corrected chi connectivity index (χ2v) is 7.85. The highest BCUT2D eigenvalue weighted by molar-refractivity contribution is 6.31. The van der Waals surface area contributed by atoms with Gasteiger partial charge >= 0.3 is 0 Å². The van der Waals surface area contributed by atoms with Crippen molar-refractivity contribution < 1.29 is 4.39 Å². The van der Waals surface area contributed by atoms with Gasteiger partial charge in [0.2, 0.25) is 0 Å². The Balaban J connectivity index is 3.65. The molecule has 0 spiro atoms. The number of aryl methyl sites for hydroxylation is 1. The third-order valence-electron chi connectivity index (χ3n) is 5.10. The predicted octanol–water partition coefficient (Wildman–Crippen LogP) is 6.26. The zero-order valence-corrected chi connectivity index (χ0v) is 14.9. The van der Waals surface area contributed by atoms with Crippen molar-refractivity contribution in [1.82, 2.24) is 0 Å². The molecule has 0 aliphatic heterocycles. The highest BCUT2D eigenvalue weighted by atomic mass is 35.5. The zero-order chi connectivity index (χ0) is 15.9. The van der Waals surface area contributed by atoms with Crippen LogP contribution < -0.4 is 0 Å². The Bertz CT molecular complexity index is 475. The lowest BCUT2D eigenvalue weighted by Crippen LogP contribution is -2.51. The summed E-state index contributed by atoms with van der Waals surface area (Å²) in [6.45, 7) is 15.7. The third kappa shape index (κ3) is 2.74. The first-order valence-electron chi connectivity index (χ1n) is 7.34. The predicted molar refractivity (Wildman–Crippen MR) is 87.6 cm³/mol. The number of benzene rings is 1. The second kappa shape index (κ2) is 5.33. The Morgan fingerprint density at radius 1 is 1.05 bits per heavy atom. The van der Waals surface area contributed by atoms with Crippen LogP contribution in [0, 0.1) is 12.3 Å². The standard InChI is InChI=1S/C18H28ClF/c1-9-13-10-14(11-15(19)12(13)2)18(8,16(3,4)5)17(6,7)20/h10-11H,9H2,1-8H3. The Hall–Kier alpha value is -0.560. The zero-order valence-electron chi connectivity index (χ0n) is 14.1. The van der Waals surface area contributed by atoms with Gasteiger partial charge < -0.3 is 0 Å². The monoisotopic (exact) mass is 298 g/mol. The molecule has 0 nitrogen and oxygen atoms in total. The van der Waals surface area contributed by atoms with Crippen molar-refractivity contribution in [3.05, 3.63) is 33.8 Å². The van der Waals surface area contributed by atoms with Crippen LogP contribution in [0.4, 0.5) is 4.39 Å². The summed E-state index contributed by atoms with van der Waals surface area (Å²) in [5, 5.41) is 0.735. The minimum absolute atomic E-state index is 0.213. The number of alkyl halides is 1. The summed E-state index contributed by atoms with van der Waals surface area (Å²) in [5.74, 6) is 0. The van der Waals surface area contributed by atoms with Crippen LogP contribution in [0.2, 0.25) is 5.02 Å². The molecule has 0 saturated carbocycles. The van der Waals surface area contributed by atoms with E-state index in [1.165, 1.54) is 5.56 Å². The van der Waals surface area contributed by atoms with Crippen molar-refractivity contribution in [2.24, 2.45) is 5.41 Å². The lowest BCUT2D eigenvalue weighted by atomic mass is 9.57. The largest absolute Gasteiger partial charge is 0.244 e. The smallest absolute Gasteiger partial charge is 0.115 e. The van der Waals surface area contributed by atoms with E-state index in [0.29, 0.717) is 0 Å². The van der Waals surface area contributed by atoms with Crippen molar-refractivity contribution in [2.45, 2.75) is 72.9 Å². The average molecular weight is 299 g/mol. The Labute approximate surface area is 128 Å². The molecular weight excluding hydrogens is 271 g/mol. The SMILES string of the molecule is CCc1cc(C(C)(C(C)(C)C)C(C)(C)F)cc(Cl)c1C. The highest BCUT2D eigenvalue weighted by Gasteiger charge is 2.51. The van der Waals surface area contributed by atoms with Crippen LogP contribution in [0.25, 0.3) is 0 Å². The fourth-order valence-corrected chi connectivity index (χ4v) is 3.30. The maximum Gasteiger partial charge on any atom is 0.115 e. The van der Waals surface area contributed by atoms with E-state index in [-0.39, 0.29) is 5.41 Å². The average Bonchev–Trinajstić information content (AvgIpc) is 2.28. The molecule has 1 unspecified atom stereocenters. The number of rotatable bonds is 3. The van der Waals surface area contributed by atoms with Gasteiger partial charge in [0.25, 0.3) is 0 Å². The molecule has 114 valence electrons. The molecule has 0 aromatic heterocycles. The van der Waals surface area contributed by atoms with Gasteiger partial charge in [0.15, 0.2) is 0 Å². The maximum atomic E-state index is 15.0. The summed E-state index contributed by atoms with van der Waals surface area (Å²) in [7, 11) is 0. The van der Waals surface area contributed by atoms with E-state index in [1.807, 2.05) is 19.9 Å². The Kier molecular flexibility index (Phi) is 4.66. The number of hydrogen-bond donors (Lipinski definition) is 0. The minimum Gasteiger partial charge on any atom is -0.244 e. The van der Waals surface area contributed by atoms with Gasteiger partial charge in [-0.05, 0) is 55.4 Å². The van der Waals surface area contributed by atoms with Crippen LogP contribution in [0.1, 0.15) is 65.2 Å². The van der Waals surface area contributed by atoms with E-state index < -0.39 is 11.1 Å². The van der Waals surface area contributed by atoms with Crippen LogP contribution in [-0.2, 0) is 11.8 Å². The molecule has 0 fully saturated rings. The van der Waals surface area contributed by atoms with E-state index in [0.717, 1.165) is 22.6 Å². The van der Waals surface area contributed by atoms with E-state index in [9.17, 15) is 0 Å². The van der Waals surface area contributed by atoms with Gasteiger partial charge in [-0.1, -0.05) is 52.3 Å². The first kappa shape index (κ1) is 17.5. The lowest BCUT2D eigenvalue weighted by molar-refractivity contribution is 0.0178. The van der Waals surface area contributed by atoms with Gasteiger partial charge in [0, 0.05) is 10.4 Å². The topological polar surface area (TPSA) is 0 Å². The van der Waals surface area contributed by atoms with Crippen molar-refractivity contribution >= 4 is 11.6 Å².